The van der Waals surface area contributed by atoms with Crippen molar-refractivity contribution in [3.8, 4) is 0 Å². The van der Waals surface area contributed by atoms with Crippen LogP contribution in [0.4, 0.5) is 4.39 Å². The fourth-order valence-corrected chi connectivity index (χ4v) is 3.75. The van der Waals surface area contributed by atoms with E-state index in [2.05, 4.69) is 5.32 Å². The van der Waals surface area contributed by atoms with Gasteiger partial charge in [-0.2, -0.15) is 0 Å². The third-order valence-electron chi connectivity index (χ3n) is 4.50. The van der Waals surface area contributed by atoms with Crippen LogP contribution in [0.5, 0.6) is 0 Å². The van der Waals surface area contributed by atoms with Crippen LogP contribution in [0.1, 0.15) is 30.9 Å². The van der Waals surface area contributed by atoms with E-state index in [4.69, 9.17) is 0 Å². The summed E-state index contributed by atoms with van der Waals surface area (Å²) in [5.41, 5.74) is 1.99. The van der Waals surface area contributed by atoms with Crippen LogP contribution in [-0.4, -0.2) is 35.6 Å². The number of hydrogen-bond acceptors (Lipinski definition) is 3. The molecule has 6 heteroatoms. The number of halogens is 1. The number of carbonyl (C=O) groups is 2. The maximum atomic E-state index is 13.2. The molecule has 0 unspecified atom stereocenters. The minimum absolute atomic E-state index is 0.0839. The maximum Gasteiger partial charge on any atom is 0.242 e. The summed E-state index contributed by atoms with van der Waals surface area (Å²) in [6.45, 7) is 4.20. The highest BCUT2D eigenvalue weighted by Crippen LogP contribution is 2.21. The van der Waals surface area contributed by atoms with E-state index >= 15 is 0 Å². The molecule has 1 atom stereocenters. The first-order valence-electron chi connectivity index (χ1n) is 9.39. The summed E-state index contributed by atoms with van der Waals surface area (Å²) in [5.74, 6) is 0.0319. The number of amides is 2. The molecule has 28 heavy (non-hydrogen) atoms. The first-order valence-corrected chi connectivity index (χ1v) is 10.4. The van der Waals surface area contributed by atoms with Crippen molar-refractivity contribution in [1.29, 1.82) is 0 Å². The summed E-state index contributed by atoms with van der Waals surface area (Å²) in [6, 6.07) is 13.7. The van der Waals surface area contributed by atoms with Crippen LogP contribution < -0.4 is 5.32 Å². The second-order valence-corrected chi connectivity index (χ2v) is 7.77. The van der Waals surface area contributed by atoms with Gasteiger partial charge in [0.05, 0.1) is 0 Å². The number of benzene rings is 2. The molecular weight excluding hydrogens is 375 g/mol. The van der Waals surface area contributed by atoms with Crippen molar-refractivity contribution in [2.24, 2.45) is 0 Å². The van der Waals surface area contributed by atoms with Gasteiger partial charge in [-0.25, -0.2) is 4.39 Å². The molecule has 0 aromatic heterocycles. The lowest BCUT2D eigenvalue weighted by atomic mass is 10.1. The van der Waals surface area contributed by atoms with E-state index in [9.17, 15) is 14.0 Å². The summed E-state index contributed by atoms with van der Waals surface area (Å²) in [5, 5.41) is 2.64. The summed E-state index contributed by atoms with van der Waals surface area (Å²) in [4.78, 5) is 27.9. The van der Waals surface area contributed by atoms with Gasteiger partial charge in [0.15, 0.2) is 0 Å². The number of thioether (sulfide) groups is 1. The number of likely N-dealkylation sites (N-methyl/N-ethyl adjacent to an activating group) is 1. The van der Waals surface area contributed by atoms with Crippen molar-refractivity contribution < 1.29 is 14.0 Å². The summed E-state index contributed by atoms with van der Waals surface area (Å²) in [7, 11) is 1.57. The molecule has 0 heterocycles. The molecule has 2 aromatic carbocycles. The molecule has 0 saturated heterocycles. The van der Waals surface area contributed by atoms with E-state index in [1.54, 1.807) is 35.8 Å². The normalized spacial score (nSPS) is 11.7. The molecule has 0 fully saturated rings. The van der Waals surface area contributed by atoms with Crippen LogP contribution in [0.15, 0.2) is 53.4 Å². The molecule has 0 saturated carbocycles. The average molecular weight is 403 g/mol. The lowest BCUT2D eigenvalue weighted by molar-refractivity contribution is -0.140. The van der Waals surface area contributed by atoms with E-state index < -0.39 is 6.04 Å². The van der Waals surface area contributed by atoms with Gasteiger partial charge in [-0.15, -0.1) is 11.8 Å². The Balaban J connectivity index is 2.07. The van der Waals surface area contributed by atoms with Crippen LogP contribution in [0.25, 0.3) is 0 Å². The lowest BCUT2D eigenvalue weighted by Crippen LogP contribution is -2.48. The van der Waals surface area contributed by atoms with Crippen molar-refractivity contribution >= 4 is 23.6 Å². The quantitative estimate of drug-likeness (QED) is 0.641. The molecule has 2 aromatic rings. The Bertz CT molecular complexity index is 778. The van der Waals surface area contributed by atoms with Gasteiger partial charge >= 0.3 is 0 Å². The molecule has 2 amide bonds. The molecule has 0 aliphatic carbocycles. The molecular formula is C22H27FN2O2S. The van der Waals surface area contributed by atoms with Crippen LogP contribution in [0.3, 0.4) is 0 Å². The smallest absolute Gasteiger partial charge is 0.242 e. The molecule has 4 nitrogen and oxygen atoms in total. The van der Waals surface area contributed by atoms with Crippen molar-refractivity contribution in [2.45, 2.75) is 44.2 Å². The summed E-state index contributed by atoms with van der Waals surface area (Å²) < 4.78 is 13.2. The van der Waals surface area contributed by atoms with Crippen molar-refractivity contribution in [3.05, 3.63) is 65.5 Å². The van der Waals surface area contributed by atoms with Crippen molar-refractivity contribution in [1.82, 2.24) is 10.2 Å². The van der Waals surface area contributed by atoms with Gasteiger partial charge in [0, 0.05) is 30.7 Å². The molecule has 0 radical (unpaired) electrons. The monoisotopic (exact) mass is 402 g/mol. The standard InChI is InChI=1S/C22H27FN2O2S/c1-4-20(22(27)24-3)25(15-17-7-9-18(23)10-8-17)21(26)13-14-28-19-11-5-16(2)6-12-19/h5-12,20H,4,13-15H2,1-3H3,(H,24,27)/t20-/m1/s1. The van der Waals surface area contributed by atoms with E-state index in [-0.39, 0.29) is 24.2 Å². The number of carbonyl (C=O) groups excluding carboxylic acids is 2. The Hall–Kier alpha value is -2.34. The predicted octanol–water partition coefficient (Wildman–Crippen LogP) is 4.17. The number of aryl methyl sites for hydroxylation is 1. The highest BCUT2D eigenvalue weighted by atomic mass is 32.2. The average Bonchev–Trinajstić information content (AvgIpc) is 2.70. The number of hydrogen-bond donors (Lipinski definition) is 1. The number of nitrogens with zero attached hydrogens (tertiary/aromatic N) is 1. The Kier molecular flexibility index (Phi) is 8.51. The van der Waals surface area contributed by atoms with Crippen molar-refractivity contribution in [3.63, 3.8) is 0 Å². The highest BCUT2D eigenvalue weighted by molar-refractivity contribution is 7.99. The molecule has 0 aliphatic heterocycles. The summed E-state index contributed by atoms with van der Waals surface area (Å²) >= 11 is 1.62. The minimum atomic E-state index is -0.549. The third-order valence-corrected chi connectivity index (χ3v) is 5.52. The molecule has 2 rings (SSSR count). The number of nitrogens with one attached hydrogen (secondary N) is 1. The van der Waals surface area contributed by atoms with Crippen molar-refractivity contribution in [2.75, 3.05) is 12.8 Å². The van der Waals surface area contributed by atoms with Crippen LogP contribution in [-0.2, 0) is 16.1 Å². The first kappa shape index (κ1) is 22.0. The fraction of sp³-hybridized carbons (Fsp3) is 0.364. The maximum absolute atomic E-state index is 13.2. The van der Waals surface area contributed by atoms with Gasteiger partial charge in [-0.1, -0.05) is 36.8 Å². The lowest BCUT2D eigenvalue weighted by Gasteiger charge is -2.30. The van der Waals surface area contributed by atoms with E-state index in [1.165, 1.54) is 17.7 Å². The zero-order chi connectivity index (χ0) is 20.5. The van der Waals surface area contributed by atoms with Gasteiger partial charge in [0.25, 0.3) is 0 Å². The Morgan fingerprint density at radius 1 is 1.11 bits per heavy atom. The van der Waals surface area contributed by atoms with Crippen LogP contribution >= 0.6 is 11.8 Å². The van der Waals surface area contributed by atoms with Gasteiger partial charge in [-0.05, 0) is 43.2 Å². The molecule has 1 N–H and O–H groups in total. The zero-order valence-electron chi connectivity index (χ0n) is 16.6. The third kappa shape index (κ3) is 6.37. The SMILES string of the molecule is CC[C@H](C(=O)NC)N(Cc1ccc(F)cc1)C(=O)CCSc1ccc(C)cc1. The molecule has 0 bridgehead atoms. The number of rotatable bonds is 9. The second kappa shape index (κ2) is 10.9. The second-order valence-electron chi connectivity index (χ2n) is 6.60. The van der Waals surface area contributed by atoms with E-state index in [0.717, 1.165) is 10.5 Å². The summed E-state index contributed by atoms with van der Waals surface area (Å²) in [6.07, 6.45) is 0.838. The molecule has 150 valence electrons. The predicted molar refractivity (Wildman–Crippen MR) is 112 cm³/mol. The Morgan fingerprint density at radius 2 is 1.75 bits per heavy atom. The van der Waals surface area contributed by atoms with E-state index in [1.807, 2.05) is 38.1 Å². The Labute approximate surface area is 170 Å². The van der Waals surface area contributed by atoms with Gasteiger partial charge in [-0.3, -0.25) is 9.59 Å². The van der Waals surface area contributed by atoms with Gasteiger partial charge in [0.1, 0.15) is 11.9 Å². The van der Waals surface area contributed by atoms with Crippen LogP contribution in [0, 0.1) is 12.7 Å². The van der Waals surface area contributed by atoms with Gasteiger partial charge < -0.3 is 10.2 Å². The van der Waals surface area contributed by atoms with Gasteiger partial charge in [0.2, 0.25) is 11.8 Å². The largest absolute Gasteiger partial charge is 0.357 e. The first-order chi connectivity index (χ1) is 13.4. The fourth-order valence-electron chi connectivity index (χ4n) is 2.91. The topological polar surface area (TPSA) is 49.4 Å². The molecule has 0 aliphatic rings. The van der Waals surface area contributed by atoms with Crippen LogP contribution in [0.2, 0.25) is 0 Å². The highest BCUT2D eigenvalue weighted by Gasteiger charge is 2.27. The Morgan fingerprint density at radius 3 is 2.32 bits per heavy atom. The molecule has 0 spiro atoms. The van der Waals surface area contributed by atoms with E-state index in [0.29, 0.717) is 18.6 Å². The zero-order valence-corrected chi connectivity index (χ0v) is 17.4. The minimum Gasteiger partial charge on any atom is -0.357 e.